The third-order valence-electron chi connectivity index (χ3n) is 9.62. The lowest BCUT2D eigenvalue weighted by Crippen LogP contribution is -2.50. The molecule has 0 heterocycles. The Balaban J connectivity index is 0.000000202. The summed E-state index contributed by atoms with van der Waals surface area (Å²) < 4.78 is 105. The lowest BCUT2D eigenvalue weighted by Gasteiger charge is -2.55. The third kappa shape index (κ3) is 11.5. The molecular weight excluding hydrogens is 728 g/mol. The second-order valence-corrected chi connectivity index (χ2v) is 17.4. The third-order valence-corrected chi connectivity index (χ3v) is 12.6. The Morgan fingerprint density at radius 1 is 0.750 bits per heavy atom. The van der Waals surface area contributed by atoms with Gasteiger partial charge in [0.25, 0.3) is 5.92 Å². The average molecular weight is 769 g/mol. The van der Waals surface area contributed by atoms with Crippen molar-refractivity contribution in [2.24, 2.45) is 23.2 Å². The molecule has 0 atom stereocenters. The van der Waals surface area contributed by atoms with Gasteiger partial charge in [0, 0.05) is 6.42 Å². The van der Waals surface area contributed by atoms with Crippen molar-refractivity contribution in [2.75, 3.05) is 12.4 Å². The van der Waals surface area contributed by atoms with Gasteiger partial charge in [-0.25, -0.2) is 17.2 Å². The van der Waals surface area contributed by atoms with E-state index in [1.165, 1.54) is 31.4 Å². The smallest absolute Gasteiger partial charge is 0.399 e. The zero-order valence-corrected chi connectivity index (χ0v) is 30.0. The molecule has 14 heteroatoms. The van der Waals surface area contributed by atoms with Crippen LogP contribution in [0.25, 0.3) is 0 Å². The van der Waals surface area contributed by atoms with Gasteiger partial charge in [-0.05, 0) is 118 Å². The second-order valence-electron chi connectivity index (χ2n) is 14.0. The molecular formula is C38H41F5O7S2. The summed E-state index contributed by atoms with van der Waals surface area (Å²) in [5.74, 6) is -4.71. The molecule has 0 unspecified atom stereocenters. The lowest BCUT2D eigenvalue weighted by molar-refractivity contribution is -0.171. The number of hydrogen-bond donors (Lipinski definition) is 0. The Bertz CT molecular complexity index is 1680. The van der Waals surface area contributed by atoms with Crippen molar-refractivity contribution in [3.05, 3.63) is 84.9 Å². The summed E-state index contributed by atoms with van der Waals surface area (Å²) in [4.78, 5) is 27.1. The first-order valence-corrected chi connectivity index (χ1v) is 20.0. The van der Waals surface area contributed by atoms with E-state index >= 15 is 0 Å². The van der Waals surface area contributed by atoms with E-state index in [4.69, 9.17) is 9.47 Å². The molecule has 4 saturated carbocycles. The Labute approximate surface area is 303 Å². The second kappa shape index (κ2) is 16.7. The topological polar surface area (TPSA) is 110 Å². The van der Waals surface area contributed by atoms with Gasteiger partial charge in [-0.2, -0.15) is 13.2 Å². The molecule has 52 heavy (non-hydrogen) atoms. The first-order chi connectivity index (χ1) is 24.5. The van der Waals surface area contributed by atoms with Crippen LogP contribution in [0.3, 0.4) is 0 Å². The average Bonchev–Trinajstić information content (AvgIpc) is 3.04. The van der Waals surface area contributed by atoms with Crippen LogP contribution >= 0.6 is 0 Å². The molecule has 4 fully saturated rings. The molecule has 3 aromatic carbocycles. The van der Waals surface area contributed by atoms with Gasteiger partial charge in [-0.3, -0.25) is 9.59 Å². The maximum Gasteiger partial charge on any atom is 0.399 e. The van der Waals surface area contributed by atoms with Crippen molar-refractivity contribution in [1.82, 2.24) is 0 Å². The molecule has 3 aromatic rings. The summed E-state index contributed by atoms with van der Waals surface area (Å²) in [5, 5.41) is 0. The highest BCUT2D eigenvalue weighted by Crippen LogP contribution is 2.60. The minimum atomic E-state index is -4.95. The fraction of sp³-hybridized carbons (Fsp3) is 0.474. The Hall–Kier alpha value is -3.49. The number of carbonyl (C=O) groups is 2. The first-order valence-electron chi connectivity index (χ1n) is 17.2. The summed E-state index contributed by atoms with van der Waals surface area (Å²) in [5.41, 5.74) is -0.352. The first kappa shape index (κ1) is 39.7. The van der Waals surface area contributed by atoms with Crippen LogP contribution in [0, 0.1) is 23.2 Å². The number of halogens is 5. The molecule has 282 valence electrons. The molecule has 0 amide bonds. The standard InChI is InChI=1S/C21H16F3O2S.C17H26F2O5S/c22-21(23,24)15-20(25)26-16-11-13-19(14-12-16)27(17-7-3-1-4-8-17)18-9-5-2-6-10-18;18-17(19,11-25(21,22)23)3-1-2-4-24-15(20)16-8-12-5-13(9-16)7-14(6-12)10-16/h1-14H,15H2;12-14H,1-11H2,(H,21,22,23)/q+1;/p-1. The van der Waals surface area contributed by atoms with Crippen molar-refractivity contribution < 1.29 is 54.0 Å². The molecule has 0 aromatic heterocycles. The minimum Gasteiger partial charge on any atom is -0.748 e. The Morgan fingerprint density at radius 3 is 1.69 bits per heavy atom. The molecule has 0 radical (unpaired) electrons. The van der Waals surface area contributed by atoms with E-state index < -0.39 is 46.8 Å². The van der Waals surface area contributed by atoms with Crippen molar-refractivity contribution in [2.45, 2.75) is 91.0 Å². The van der Waals surface area contributed by atoms with Gasteiger partial charge in [0.2, 0.25) is 0 Å². The van der Waals surface area contributed by atoms with Gasteiger partial charge in [-0.1, -0.05) is 36.4 Å². The SMILES string of the molecule is O=C(CC(F)(F)F)Oc1ccc([S+](c2ccccc2)c2ccccc2)cc1.O=C(OCCCCC(F)(F)CS(=O)(=O)[O-])C12CC3CC(CC(C3)C1)C2. The molecule has 0 N–H and O–H groups in total. The molecule has 0 aliphatic heterocycles. The monoisotopic (exact) mass is 768 g/mol. The van der Waals surface area contributed by atoms with E-state index in [0.29, 0.717) is 17.8 Å². The predicted octanol–water partition coefficient (Wildman–Crippen LogP) is 8.74. The fourth-order valence-electron chi connectivity index (χ4n) is 7.99. The number of ether oxygens (including phenoxy) is 2. The molecule has 7 nitrogen and oxygen atoms in total. The minimum absolute atomic E-state index is 0.0106. The van der Waals surface area contributed by atoms with Crippen LogP contribution in [0.1, 0.15) is 64.2 Å². The molecule has 0 saturated heterocycles. The lowest BCUT2D eigenvalue weighted by atomic mass is 9.49. The Kier molecular flexibility index (Phi) is 12.7. The van der Waals surface area contributed by atoms with Crippen LogP contribution in [0.4, 0.5) is 22.0 Å². The van der Waals surface area contributed by atoms with Gasteiger partial charge in [0.15, 0.2) is 14.7 Å². The van der Waals surface area contributed by atoms with Crippen LogP contribution in [0.2, 0.25) is 0 Å². The zero-order chi connectivity index (χ0) is 37.6. The van der Waals surface area contributed by atoms with E-state index in [2.05, 4.69) is 0 Å². The van der Waals surface area contributed by atoms with E-state index in [0.717, 1.165) is 33.9 Å². The summed E-state index contributed by atoms with van der Waals surface area (Å²) in [6.45, 7) is 0.0702. The molecule has 0 spiro atoms. The number of carbonyl (C=O) groups excluding carboxylic acids is 2. The highest BCUT2D eigenvalue weighted by Gasteiger charge is 2.55. The number of hydrogen-bond acceptors (Lipinski definition) is 7. The summed E-state index contributed by atoms with van der Waals surface area (Å²) >= 11 is 0. The van der Waals surface area contributed by atoms with E-state index in [1.54, 1.807) is 12.1 Å². The fourth-order valence-corrected chi connectivity index (χ4v) is 10.7. The highest BCUT2D eigenvalue weighted by molar-refractivity contribution is 7.97. The summed E-state index contributed by atoms with van der Waals surface area (Å²) in [6.07, 6.45) is -0.242. The van der Waals surface area contributed by atoms with Crippen LogP contribution in [0.5, 0.6) is 5.75 Å². The van der Waals surface area contributed by atoms with Gasteiger partial charge >= 0.3 is 18.1 Å². The zero-order valence-electron chi connectivity index (χ0n) is 28.4. The predicted molar refractivity (Wildman–Crippen MR) is 183 cm³/mol. The quantitative estimate of drug-likeness (QED) is 0.0427. The van der Waals surface area contributed by atoms with Gasteiger partial charge < -0.3 is 14.0 Å². The van der Waals surface area contributed by atoms with Crippen molar-refractivity contribution in [3.8, 4) is 5.75 Å². The number of alkyl halides is 5. The molecule has 4 bridgehead atoms. The van der Waals surface area contributed by atoms with Crippen LogP contribution in [0.15, 0.2) is 99.6 Å². The van der Waals surface area contributed by atoms with Crippen LogP contribution in [-0.2, 0) is 35.3 Å². The number of rotatable bonds is 13. The van der Waals surface area contributed by atoms with Crippen molar-refractivity contribution >= 4 is 33.0 Å². The normalized spacial score (nSPS) is 22.4. The van der Waals surface area contributed by atoms with E-state index in [1.807, 2.05) is 60.7 Å². The molecule has 7 rings (SSSR count). The largest absolute Gasteiger partial charge is 0.748 e. The molecule has 4 aliphatic rings. The Morgan fingerprint density at radius 2 is 1.23 bits per heavy atom. The summed E-state index contributed by atoms with van der Waals surface area (Å²) in [7, 11) is -5.32. The number of esters is 2. The van der Waals surface area contributed by atoms with Crippen molar-refractivity contribution in [3.63, 3.8) is 0 Å². The number of benzene rings is 3. The van der Waals surface area contributed by atoms with Gasteiger partial charge in [0.05, 0.1) is 22.9 Å². The van der Waals surface area contributed by atoms with Gasteiger partial charge in [0.1, 0.15) is 28.0 Å². The summed E-state index contributed by atoms with van der Waals surface area (Å²) in [6, 6.07) is 26.5. The van der Waals surface area contributed by atoms with E-state index in [-0.39, 0.29) is 47.5 Å². The van der Waals surface area contributed by atoms with Gasteiger partial charge in [-0.15, -0.1) is 0 Å². The van der Waals surface area contributed by atoms with Crippen LogP contribution in [-0.4, -0.2) is 49.4 Å². The van der Waals surface area contributed by atoms with Crippen LogP contribution < -0.4 is 4.74 Å². The van der Waals surface area contributed by atoms with Crippen molar-refractivity contribution in [1.29, 1.82) is 0 Å². The molecule has 4 aliphatic carbocycles. The highest BCUT2D eigenvalue weighted by atomic mass is 32.2. The number of unbranched alkanes of at least 4 members (excludes halogenated alkanes) is 1. The maximum atomic E-state index is 13.3. The maximum absolute atomic E-state index is 13.3. The van der Waals surface area contributed by atoms with E-state index in [9.17, 15) is 44.5 Å².